The standard InChI is InChI=1S/C10H15N/c1-4-10-6-5-8(2)7-11-9(10)3/h6-7H,4-5H2,1-3H3. The van der Waals surface area contributed by atoms with E-state index in [4.69, 9.17) is 0 Å². The van der Waals surface area contributed by atoms with Gasteiger partial charge in [-0.3, -0.25) is 4.99 Å². The van der Waals surface area contributed by atoms with E-state index in [0.29, 0.717) is 0 Å². The van der Waals surface area contributed by atoms with Gasteiger partial charge in [-0.2, -0.15) is 0 Å². The molecule has 11 heavy (non-hydrogen) atoms. The predicted octanol–water partition coefficient (Wildman–Crippen LogP) is 3.09. The lowest BCUT2D eigenvalue weighted by molar-refractivity contribution is 1.13. The zero-order valence-electron chi connectivity index (χ0n) is 7.52. The SMILES string of the molecule is CCC1=CCC(C)=CN=C1C. The first-order valence-corrected chi connectivity index (χ1v) is 4.13. The second-order valence-electron chi connectivity index (χ2n) is 2.98. The van der Waals surface area contributed by atoms with E-state index in [1.165, 1.54) is 16.9 Å². The van der Waals surface area contributed by atoms with Gasteiger partial charge < -0.3 is 0 Å². The Balaban J connectivity index is 2.87. The zero-order valence-corrected chi connectivity index (χ0v) is 7.52. The van der Waals surface area contributed by atoms with Crippen molar-refractivity contribution in [3.63, 3.8) is 0 Å². The van der Waals surface area contributed by atoms with Crippen LogP contribution in [0.2, 0.25) is 0 Å². The van der Waals surface area contributed by atoms with Crippen LogP contribution >= 0.6 is 0 Å². The lowest BCUT2D eigenvalue weighted by Crippen LogP contribution is -1.93. The molecular formula is C10H15N. The third-order valence-electron chi connectivity index (χ3n) is 1.99. The molecule has 0 saturated heterocycles. The molecule has 1 heterocycles. The van der Waals surface area contributed by atoms with Crippen molar-refractivity contribution < 1.29 is 0 Å². The maximum Gasteiger partial charge on any atom is 0.0401 e. The summed E-state index contributed by atoms with van der Waals surface area (Å²) in [6.45, 7) is 6.36. The highest BCUT2D eigenvalue weighted by molar-refractivity contribution is 5.98. The Hall–Kier alpha value is -0.850. The number of allylic oxidation sites excluding steroid dienone is 3. The molecule has 0 unspecified atom stereocenters. The molecule has 0 atom stereocenters. The van der Waals surface area contributed by atoms with E-state index in [2.05, 4.69) is 31.8 Å². The van der Waals surface area contributed by atoms with Gasteiger partial charge in [0.05, 0.1) is 0 Å². The second kappa shape index (κ2) is 3.51. The summed E-state index contributed by atoms with van der Waals surface area (Å²) in [5.41, 5.74) is 3.90. The molecular weight excluding hydrogens is 134 g/mol. The highest BCUT2D eigenvalue weighted by Gasteiger charge is 2.00. The van der Waals surface area contributed by atoms with Gasteiger partial charge in [0.1, 0.15) is 0 Å². The summed E-state index contributed by atoms with van der Waals surface area (Å²) < 4.78 is 0. The lowest BCUT2D eigenvalue weighted by atomic mass is 10.1. The number of hydrogen-bond acceptors (Lipinski definition) is 1. The maximum atomic E-state index is 4.34. The van der Waals surface area contributed by atoms with Gasteiger partial charge in [-0.1, -0.05) is 18.6 Å². The normalized spacial score (nSPS) is 18.3. The monoisotopic (exact) mass is 149 g/mol. The molecule has 0 aromatic rings. The Bertz CT molecular complexity index is 231. The summed E-state index contributed by atoms with van der Waals surface area (Å²) in [5, 5.41) is 0. The minimum absolute atomic E-state index is 1.06. The van der Waals surface area contributed by atoms with Crippen LogP contribution in [0.25, 0.3) is 0 Å². The van der Waals surface area contributed by atoms with E-state index in [9.17, 15) is 0 Å². The summed E-state index contributed by atoms with van der Waals surface area (Å²) in [6, 6.07) is 0. The van der Waals surface area contributed by atoms with Gasteiger partial charge in [-0.05, 0) is 32.3 Å². The summed E-state index contributed by atoms with van der Waals surface area (Å²) >= 11 is 0. The number of aliphatic imine (C=N–C) groups is 1. The van der Waals surface area contributed by atoms with Crippen LogP contribution < -0.4 is 0 Å². The second-order valence-corrected chi connectivity index (χ2v) is 2.98. The highest BCUT2D eigenvalue weighted by atomic mass is 14.7. The van der Waals surface area contributed by atoms with Crippen LogP contribution in [0, 0.1) is 0 Å². The Labute approximate surface area is 68.5 Å². The van der Waals surface area contributed by atoms with E-state index in [0.717, 1.165) is 12.8 Å². The van der Waals surface area contributed by atoms with Crippen LogP contribution in [-0.4, -0.2) is 5.71 Å². The van der Waals surface area contributed by atoms with Crippen molar-refractivity contribution in [2.24, 2.45) is 4.99 Å². The summed E-state index contributed by atoms with van der Waals surface area (Å²) in [5.74, 6) is 0. The van der Waals surface area contributed by atoms with E-state index < -0.39 is 0 Å². The molecule has 0 aromatic heterocycles. The molecule has 1 rings (SSSR count). The van der Waals surface area contributed by atoms with Gasteiger partial charge in [0.15, 0.2) is 0 Å². The Morgan fingerprint density at radius 1 is 1.45 bits per heavy atom. The highest BCUT2D eigenvalue weighted by Crippen LogP contribution is 2.13. The van der Waals surface area contributed by atoms with E-state index >= 15 is 0 Å². The first kappa shape index (κ1) is 8.25. The minimum Gasteiger partial charge on any atom is -0.261 e. The van der Waals surface area contributed by atoms with Crippen LogP contribution in [0.3, 0.4) is 0 Å². The molecule has 0 aromatic carbocycles. The number of nitrogens with zero attached hydrogens (tertiary/aromatic N) is 1. The topological polar surface area (TPSA) is 12.4 Å². The van der Waals surface area contributed by atoms with Gasteiger partial charge in [-0.15, -0.1) is 0 Å². The molecule has 0 N–H and O–H groups in total. The van der Waals surface area contributed by atoms with Crippen LogP contribution in [0.15, 0.2) is 28.4 Å². The number of rotatable bonds is 1. The van der Waals surface area contributed by atoms with Gasteiger partial charge >= 0.3 is 0 Å². The summed E-state index contributed by atoms with van der Waals surface area (Å²) in [6.07, 6.45) is 6.40. The molecule has 1 nitrogen and oxygen atoms in total. The van der Waals surface area contributed by atoms with Crippen molar-refractivity contribution in [1.82, 2.24) is 0 Å². The average Bonchev–Trinajstić information content (AvgIpc) is 2.15. The van der Waals surface area contributed by atoms with Crippen molar-refractivity contribution in [2.45, 2.75) is 33.6 Å². The molecule has 0 spiro atoms. The molecule has 0 bridgehead atoms. The van der Waals surface area contributed by atoms with Gasteiger partial charge in [0.2, 0.25) is 0 Å². The Morgan fingerprint density at radius 2 is 2.18 bits per heavy atom. The third-order valence-corrected chi connectivity index (χ3v) is 1.99. The van der Waals surface area contributed by atoms with Gasteiger partial charge in [-0.25, -0.2) is 0 Å². The molecule has 60 valence electrons. The Morgan fingerprint density at radius 3 is 2.82 bits per heavy atom. The van der Waals surface area contributed by atoms with Crippen molar-refractivity contribution >= 4 is 5.71 Å². The van der Waals surface area contributed by atoms with Crippen molar-refractivity contribution in [1.29, 1.82) is 0 Å². The molecule has 1 heteroatoms. The van der Waals surface area contributed by atoms with Gasteiger partial charge in [0.25, 0.3) is 0 Å². The predicted molar refractivity (Wildman–Crippen MR) is 49.9 cm³/mol. The van der Waals surface area contributed by atoms with Crippen LogP contribution in [-0.2, 0) is 0 Å². The fraction of sp³-hybridized carbons (Fsp3) is 0.500. The van der Waals surface area contributed by atoms with E-state index in [1.807, 2.05) is 6.20 Å². The molecule has 0 amide bonds. The third kappa shape index (κ3) is 2.04. The van der Waals surface area contributed by atoms with Crippen LogP contribution in [0.4, 0.5) is 0 Å². The van der Waals surface area contributed by atoms with E-state index in [-0.39, 0.29) is 0 Å². The minimum atomic E-state index is 1.06. The smallest absolute Gasteiger partial charge is 0.0401 e. The van der Waals surface area contributed by atoms with E-state index in [1.54, 1.807) is 0 Å². The number of hydrogen-bond donors (Lipinski definition) is 0. The van der Waals surface area contributed by atoms with Crippen molar-refractivity contribution in [3.05, 3.63) is 23.4 Å². The van der Waals surface area contributed by atoms with Crippen LogP contribution in [0.5, 0.6) is 0 Å². The van der Waals surface area contributed by atoms with Crippen LogP contribution in [0.1, 0.15) is 33.6 Å². The maximum absolute atomic E-state index is 4.34. The lowest BCUT2D eigenvalue weighted by Gasteiger charge is -1.99. The molecule has 0 saturated carbocycles. The van der Waals surface area contributed by atoms with Crippen molar-refractivity contribution in [3.8, 4) is 0 Å². The molecule has 0 radical (unpaired) electrons. The largest absolute Gasteiger partial charge is 0.261 e. The summed E-state index contributed by atoms with van der Waals surface area (Å²) in [4.78, 5) is 4.34. The average molecular weight is 149 g/mol. The first-order valence-electron chi connectivity index (χ1n) is 4.13. The summed E-state index contributed by atoms with van der Waals surface area (Å²) in [7, 11) is 0. The Kier molecular flexibility index (Phi) is 2.64. The molecule has 1 aliphatic heterocycles. The zero-order chi connectivity index (χ0) is 8.27. The van der Waals surface area contributed by atoms with Crippen molar-refractivity contribution in [2.75, 3.05) is 0 Å². The quantitative estimate of drug-likeness (QED) is 0.543. The van der Waals surface area contributed by atoms with Gasteiger partial charge in [0, 0.05) is 11.9 Å². The molecule has 0 fully saturated rings. The fourth-order valence-corrected chi connectivity index (χ4v) is 1.17. The fourth-order valence-electron chi connectivity index (χ4n) is 1.17. The first-order chi connectivity index (χ1) is 5.24. The molecule has 0 aliphatic carbocycles. The molecule has 1 aliphatic rings.